The highest BCUT2D eigenvalue weighted by molar-refractivity contribution is 6.19. The minimum absolute atomic E-state index is 0.00221. The maximum atomic E-state index is 14.5. The number of nitrogens with zero attached hydrogens (tertiary/aromatic N) is 3. The Hall–Kier alpha value is -4.09. The van der Waals surface area contributed by atoms with Gasteiger partial charge in [0.1, 0.15) is 0 Å². The number of ketones is 1. The van der Waals surface area contributed by atoms with E-state index in [1.54, 1.807) is 19.2 Å². The molecule has 1 saturated heterocycles. The Labute approximate surface area is 283 Å². The lowest BCUT2D eigenvalue weighted by Crippen LogP contribution is -2.72. The third-order valence-electron chi connectivity index (χ3n) is 12.4. The summed E-state index contributed by atoms with van der Waals surface area (Å²) in [4.78, 5) is 66.4. The van der Waals surface area contributed by atoms with Gasteiger partial charge in [0.15, 0.2) is 5.75 Å². The molecule has 2 bridgehead atoms. The van der Waals surface area contributed by atoms with Crippen molar-refractivity contribution in [2.45, 2.75) is 50.9 Å². The Bertz CT molecular complexity index is 2010. The lowest BCUT2D eigenvalue weighted by Gasteiger charge is -2.69. The van der Waals surface area contributed by atoms with Gasteiger partial charge in [0.25, 0.3) is 0 Å². The van der Waals surface area contributed by atoms with Crippen LogP contribution < -0.4 is 15.0 Å². The van der Waals surface area contributed by atoms with Crippen LogP contribution in [-0.4, -0.2) is 89.6 Å². The summed E-state index contributed by atoms with van der Waals surface area (Å²) in [5, 5.41) is 3.96. The van der Waals surface area contributed by atoms with Crippen molar-refractivity contribution in [3.05, 3.63) is 58.2 Å². The van der Waals surface area contributed by atoms with Gasteiger partial charge in [0.05, 0.1) is 27.7 Å². The number of carbonyl (C=O) groups is 4. The molecule has 1 spiro atoms. The number of likely N-dealkylation sites (tertiary alicyclic amines) is 1. The van der Waals surface area contributed by atoms with E-state index in [4.69, 9.17) is 16.3 Å². The number of aromatic nitrogens is 2. The van der Waals surface area contributed by atoms with Crippen molar-refractivity contribution < 1.29 is 23.9 Å². The first-order valence-corrected chi connectivity index (χ1v) is 17.4. The van der Waals surface area contributed by atoms with Crippen LogP contribution in [0.5, 0.6) is 5.75 Å². The summed E-state index contributed by atoms with van der Waals surface area (Å²) in [6, 6.07) is 1.80. The molecule has 2 aliphatic heterocycles. The van der Waals surface area contributed by atoms with Gasteiger partial charge in [0, 0.05) is 86.1 Å². The quantitative estimate of drug-likeness (QED) is 0.318. The van der Waals surface area contributed by atoms with E-state index in [-0.39, 0.29) is 28.9 Å². The number of carbonyl (C=O) groups excluding carboxylic acids is 4. The second-order valence-corrected chi connectivity index (χ2v) is 15.5. The molecule has 5 aliphatic carbocycles. The van der Waals surface area contributed by atoms with Crippen LogP contribution in [0.25, 0.3) is 10.9 Å². The van der Waals surface area contributed by atoms with Crippen LogP contribution in [0.1, 0.15) is 64.3 Å². The second kappa shape index (κ2) is 9.75. The average Bonchev–Trinajstić information content (AvgIpc) is 3.40. The molecule has 0 radical (unpaired) electrons. The molecule has 3 amide bonds. The van der Waals surface area contributed by atoms with Crippen LogP contribution in [0, 0.1) is 30.6 Å². The number of benzene rings is 1. The zero-order chi connectivity index (χ0) is 33.5. The molecule has 7 aliphatic rings. The van der Waals surface area contributed by atoms with Gasteiger partial charge in [-0.15, -0.1) is 11.6 Å². The molecule has 2 aromatic heterocycles. The monoisotopic (exact) mass is 670 g/mol. The number of fused-ring (bicyclic) bond motifs is 4. The molecule has 250 valence electrons. The maximum absolute atomic E-state index is 14.5. The number of piperidine rings is 1. The van der Waals surface area contributed by atoms with E-state index in [9.17, 15) is 19.2 Å². The number of aromatic amines is 2. The van der Waals surface area contributed by atoms with Crippen LogP contribution in [0.15, 0.2) is 30.2 Å². The third-order valence-corrected chi connectivity index (χ3v) is 12.7. The maximum Gasteiger partial charge on any atom is 0.415 e. The molecular weight excluding hydrogens is 632 g/mol. The molecule has 3 aromatic rings. The highest BCUT2D eigenvalue weighted by Crippen LogP contribution is 2.76. The molecule has 3 N–H and O–H groups in total. The number of hydrogen-bond donors (Lipinski definition) is 3. The fraction of sp³-hybridized carbons (Fsp3) is 0.500. The van der Waals surface area contributed by atoms with E-state index in [2.05, 4.69) is 15.3 Å². The first-order chi connectivity index (χ1) is 23.0. The predicted octanol–water partition coefficient (Wildman–Crippen LogP) is 4.48. The summed E-state index contributed by atoms with van der Waals surface area (Å²) in [6.07, 6.45) is 7.45. The number of H-pyrrole nitrogens is 2. The van der Waals surface area contributed by atoms with Gasteiger partial charge in [0.2, 0.25) is 17.6 Å². The molecule has 3 atom stereocenters. The van der Waals surface area contributed by atoms with E-state index >= 15 is 0 Å². The molecule has 4 saturated carbocycles. The molecule has 11 nitrogen and oxygen atoms in total. The topological polar surface area (TPSA) is 131 Å². The van der Waals surface area contributed by atoms with Crippen LogP contribution in [0.2, 0.25) is 0 Å². The molecule has 10 rings (SSSR count). The molecule has 1 aromatic carbocycles. The molecule has 5 fully saturated rings. The van der Waals surface area contributed by atoms with Gasteiger partial charge in [-0.1, -0.05) is 0 Å². The number of rotatable bonds is 7. The Balaban J connectivity index is 0.977. The van der Waals surface area contributed by atoms with E-state index in [0.717, 1.165) is 45.4 Å². The van der Waals surface area contributed by atoms with Gasteiger partial charge in [-0.25, -0.2) is 4.79 Å². The van der Waals surface area contributed by atoms with Gasteiger partial charge in [-0.3, -0.25) is 14.4 Å². The number of nitrogens with one attached hydrogen (secondary N) is 3. The minimum atomic E-state index is -0.609. The number of anilines is 1. The number of hydrogen-bond acceptors (Lipinski definition) is 6. The van der Waals surface area contributed by atoms with E-state index in [1.807, 2.05) is 43.1 Å². The van der Waals surface area contributed by atoms with Crippen molar-refractivity contribution in [3.63, 3.8) is 0 Å². The fourth-order valence-electron chi connectivity index (χ4n) is 10.0. The average molecular weight is 671 g/mol. The number of amides is 3. The molecule has 12 heteroatoms. The first-order valence-electron chi connectivity index (χ1n) is 16.9. The molecule has 4 heterocycles. The lowest BCUT2D eigenvalue weighted by atomic mass is 9.34. The highest BCUT2D eigenvalue weighted by Gasteiger charge is 2.78. The largest absolute Gasteiger partial charge is 0.415 e. The van der Waals surface area contributed by atoms with Gasteiger partial charge >= 0.3 is 6.09 Å². The summed E-state index contributed by atoms with van der Waals surface area (Å²) in [5.74, 6) is 0.934. The molecular formula is C36H39ClN6O5. The van der Waals surface area contributed by atoms with Crippen molar-refractivity contribution in [1.82, 2.24) is 25.1 Å². The summed E-state index contributed by atoms with van der Waals surface area (Å²) in [5.41, 5.74) is 5.64. The van der Waals surface area contributed by atoms with Gasteiger partial charge < -0.3 is 34.7 Å². The SMILES string of the molecule is CNCCN(C)C(=O)Oc1cc2c(c3c(C)c[nH]c13)C(CCl)CN2C(=O)C12CC(C(=O)N3CC4CC45C3=CC(=O)c3[nH]cc(C)c35)(C1)C2. The number of aryl methyl sites for hydroxylation is 2. The van der Waals surface area contributed by atoms with Crippen molar-refractivity contribution >= 4 is 51.9 Å². The van der Waals surface area contributed by atoms with Crippen LogP contribution in [0.3, 0.4) is 0 Å². The first kappa shape index (κ1) is 30.0. The highest BCUT2D eigenvalue weighted by atomic mass is 35.5. The zero-order valence-corrected chi connectivity index (χ0v) is 28.3. The van der Waals surface area contributed by atoms with Crippen LogP contribution in [-0.2, 0) is 15.0 Å². The van der Waals surface area contributed by atoms with Crippen molar-refractivity contribution in [1.29, 1.82) is 0 Å². The smallest absolute Gasteiger partial charge is 0.408 e. The number of halogens is 1. The third kappa shape index (κ3) is 3.64. The van der Waals surface area contributed by atoms with Crippen LogP contribution >= 0.6 is 11.6 Å². The number of ether oxygens (including phenoxy) is 1. The Morgan fingerprint density at radius 1 is 1.06 bits per heavy atom. The zero-order valence-electron chi connectivity index (χ0n) is 27.6. The fourth-order valence-corrected chi connectivity index (χ4v) is 10.3. The van der Waals surface area contributed by atoms with E-state index in [0.29, 0.717) is 74.2 Å². The number of alkyl halides is 1. The summed E-state index contributed by atoms with van der Waals surface area (Å²) in [7, 11) is 3.52. The minimum Gasteiger partial charge on any atom is -0.408 e. The molecule has 48 heavy (non-hydrogen) atoms. The summed E-state index contributed by atoms with van der Waals surface area (Å²) < 4.78 is 5.92. The Morgan fingerprint density at radius 2 is 1.77 bits per heavy atom. The second-order valence-electron chi connectivity index (χ2n) is 15.2. The number of allylic oxidation sites excluding steroid dienone is 2. The summed E-state index contributed by atoms with van der Waals surface area (Å²) >= 11 is 6.54. The standard InChI is InChI=1S/C36H39ClN6O5/c1-18-11-40-30-24(48-33(47)41(4)6-5-38-3)7-22-27(26(18)30)20(10-37)13-42(22)31(45)34-15-35(16-34,17-34)32(46)43-14-21-9-36(21)25(43)8-23(44)29-28(36)19(2)12-39-29/h7-8,11-12,20-21,38-40H,5-6,9-10,13-17H2,1-4H3. The Morgan fingerprint density at radius 3 is 2.48 bits per heavy atom. The number of likely N-dealkylation sites (N-methyl/N-ethyl adjacent to an activating group) is 2. The van der Waals surface area contributed by atoms with Crippen molar-refractivity contribution in [2.75, 3.05) is 51.1 Å². The van der Waals surface area contributed by atoms with Crippen LogP contribution in [0.4, 0.5) is 10.5 Å². The van der Waals surface area contributed by atoms with Crippen molar-refractivity contribution in [2.24, 2.45) is 16.7 Å². The normalized spacial score (nSPS) is 30.2. The van der Waals surface area contributed by atoms with E-state index in [1.165, 1.54) is 4.90 Å². The van der Waals surface area contributed by atoms with Crippen molar-refractivity contribution in [3.8, 4) is 5.75 Å². The lowest BCUT2D eigenvalue weighted by molar-refractivity contribution is -0.212. The van der Waals surface area contributed by atoms with Gasteiger partial charge in [-0.05, 0) is 74.8 Å². The van der Waals surface area contributed by atoms with E-state index < -0.39 is 16.9 Å². The predicted molar refractivity (Wildman–Crippen MR) is 180 cm³/mol. The van der Waals surface area contributed by atoms with Gasteiger partial charge in [-0.2, -0.15) is 0 Å². The molecule has 3 unspecified atom stereocenters. The Kier molecular flexibility index (Phi) is 6.10. The summed E-state index contributed by atoms with van der Waals surface area (Å²) in [6.45, 7) is 6.19.